The maximum atomic E-state index is 11.2. The van der Waals surface area contributed by atoms with E-state index >= 15 is 0 Å². The van der Waals surface area contributed by atoms with E-state index in [9.17, 15) is 10.0 Å². The molecule has 1 aliphatic heterocycles. The molecule has 1 amide bonds. The van der Waals surface area contributed by atoms with Gasteiger partial charge in [0.15, 0.2) is 0 Å². The highest BCUT2D eigenvalue weighted by Gasteiger charge is 2.20. The molecule has 2 rings (SSSR count). The predicted octanol–water partition coefficient (Wildman–Crippen LogP) is 1.54. The lowest BCUT2D eigenvalue weighted by molar-refractivity contribution is -0.166. The van der Waals surface area contributed by atoms with Crippen LogP contribution in [0.5, 0.6) is 0 Å². The molecule has 0 spiro atoms. The number of hydrogen-bond acceptors (Lipinski definition) is 3. The first-order valence-electron chi connectivity index (χ1n) is 4.32. The van der Waals surface area contributed by atoms with Crippen molar-refractivity contribution >= 4 is 11.6 Å². The van der Waals surface area contributed by atoms with Crippen molar-refractivity contribution in [1.82, 2.24) is 5.17 Å². The lowest BCUT2D eigenvalue weighted by Gasteiger charge is -2.30. The standard InChI is InChI=1S/C10H10N2O2/c13-10-7-4-8-11(12(10)14)9-5-2-1-3-6-9/h1-6,8,14H,7H2. The van der Waals surface area contributed by atoms with E-state index in [1.54, 1.807) is 12.3 Å². The van der Waals surface area contributed by atoms with Crippen molar-refractivity contribution in [1.29, 1.82) is 0 Å². The fourth-order valence-electron chi connectivity index (χ4n) is 1.29. The summed E-state index contributed by atoms with van der Waals surface area (Å²) in [6.07, 6.45) is 3.61. The summed E-state index contributed by atoms with van der Waals surface area (Å²) in [6, 6.07) is 9.19. The molecule has 0 atom stereocenters. The summed E-state index contributed by atoms with van der Waals surface area (Å²) in [6.45, 7) is 0. The highest BCUT2D eigenvalue weighted by Crippen LogP contribution is 2.18. The Bertz CT molecular complexity index is 362. The molecule has 0 unspecified atom stereocenters. The highest BCUT2D eigenvalue weighted by molar-refractivity contribution is 5.80. The number of carbonyl (C=O) groups excluding carboxylic acids is 1. The van der Waals surface area contributed by atoms with Crippen molar-refractivity contribution in [3.05, 3.63) is 42.6 Å². The first kappa shape index (κ1) is 8.77. The number of carbonyl (C=O) groups is 1. The monoisotopic (exact) mass is 190 g/mol. The number of amides is 1. The van der Waals surface area contributed by atoms with Crippen LogP contribution in [-0.4, -0.2) is 16.3 Å². The minimum absolute atomic E-state index is 0.236. The van der Waals surface area contributed by atoms with Crippen LogP contribution >= 0.6 is 0 Å². The van der Waals surface area contributed by atoms with Crippen LogP contribution in [0.15, 0.2) is 42.6 Å². The highest BCUT2D eigenvalue weighted by atomic mass is 16.6. The minimum atomic E-state index is -0.337. The Labute approximate surface area is 81.6 Å². The van der Waals surface area contributed by atoms with Crippen LogP contribution < -0.4 is 5.01 Å². The fourth-order valence-corrected chi connectivity index (χ4v) is 1.29. The molecule has 0 aliphatic carbocycles. The lowest BCUT2D eigenvalue weighted by atomic mass is 10.3. The largest absolute Gasteiger partial charge is 0.270 e. The zero-order valence-electron chi connectivity index (χ0n) is 7.50. The third-order valence-electron chi connectivity index (χ3n) is 1.99. The van der Waals surface area contributed by atoms with Crippen LogP contribution in [-0.2, 0) is 4.79 Å². The Morgan fingerprint density at radius 3 is 2.64 bits per heavy atom. The van der Waals surface area contributed by atoms with Gasteiger partial charge < -0.3 is 0 Å². The van der Waals surface area contributed by atoms with Crippen molar-refractivity contribution in [2.75, 3.05) is 5.01 Å². The third-order valence-corrected chi connectivity index (χ3v) is 1.99. The molecule has 1 heterocycles. The molecule has 0 saturated heterocycles. The topological polar surface area (TPSA) is 43.8 Å². The smallest absolute Gasteiger partial charge is 0.270 e. The van der Waals surface area contributed by atoms with Gasteiger partial charge in [0, 0.05) is 6.20 Å². The van der Waals surface area contributed by atoms with E-state index in [2.05, 4.69) is 0 Å². The zero-order chi connectivity index (χ0) is 9.97. The number of hydroxylamine groups is 1. The summed E-state index contributed by atoms with van der Waals surface area (Å²) in [5.74, 6) is -0.337. The molecule has 0 saturated carbocycles. The second kappa shape index (κ2) is 3.51. The number of hydrogen-bond donors (Lipinski definition) is 1. The molecule has 0 radical (unpaired) electrons. The Morgan fingerprint density at radius 2 is 1.93 bits per heavy atom. The quantitative estimate of drug-likeness (QED) is 0.683. The number of para-hydroxylation sites is 1. The van der Waals surface area contributed by atoms with E-state index in [0.717, 1.165) is 5.69 Å². The molecule has 1 aliphatic rings. The van der Waals surface area contributed by atoms with Crippen LogP contribution in [0, 0.1) is 0 Å². The first-order valence-corrected chi connectivity index (χ1v) is 4.32. The van der Waals surface area contributed by atoms with Crippen molar-refractivity contribution in [2.24, 2.45) is 0 Å². The summed E-state index contributed by atoms with van der Waals surface area (Å²) < 4.78 is 0. The van der Waals surface area contributed by atoms with E-state index in [1.807, 2.05) is 30.3 Å². The fraction of sp³-hybridized carbons (Fsp3) is 0.100. The van der Waals surface area contributed by atoms with Crippen molar-refractivity contribution in [3.8, 4) is 0 Å². The molecule has 14 heavy (non-hydrogen) atoms. The Hall–Kier alpha value is -1.81. The van der Waals surface area contributed by atoms with Gasteiger partial charge in [0.05, 0.1) is 12.1 Å². The Kier molecular flexibility index (Phi) is 2.20. The SMILES string of the molecule is O=C1CC=CN(c2ccccc2)N1O. The van der Waals surface area contributed by atoms with Gasteiger partial charge in [0.1, 0.15) is 0 Å². The van der Waals surface area contributed by atoms with Gasteiger partial charge in [-0.2, -0.15) is 0 Å². The van der Waals surface area contributed by atoms with Crippen LogP contribution in [0.25, 0.3) is 0 Å². The van der Waals surface area contributed by atoms with E-state index in [0.29, 0.717) is 5.17 Å². The number of benzene rings is 1. The van der Waals surface area contributed by atoms with Gasteiger partial charge in [-0.05, 0) is 12.1 Å². The maximum absolute atomic E-state index is 11.2. The molecule has 1 N–H and O–H groups in total. The molecular weight excluding hydrogens is 180 g/mol. The maximum Gasteiger partial charge on any atom is 0.270 e. The summed E-state index contributed by atoms with van der Waals surface area (Å²) in [4.78, 5) is 11.2. The molecule has 4 heteroatoms. The van der Waals surface area contributed by atoms with Gasteiger partial charge in [-0.1, -0.05) is 24.3 Å². The molecular formula is C10H10N2O2. The average Bonchev–Trinajstić information content (AvgIpc) is 2.23. The second-order valence-corrected chi connectivity index (χ2v) is 2.95. The first-order chi connectivity index (χ1) is 6.79. The van der Waals surface area contributed by atoms with Gasteiger partial charge in [0.25, 0.3) is 5.91 Å². The normalized spacial score (nSPS) is 16.2. The lowest BCUT2D eigenvalue weighted by Crippen LogP contribution is -2.43. The average molecular weight is 190 g/mol. The molecule has 4 nitrogen and oxygen atoms in total. The minimum Gasteiger partial charge on any atom is -0.270 e. The summed E-state index contributed by atoms with van der Waals surface area (Å²) in [7, 11) is 0. The second-order valence-electron chi connectivity index (χ2n) is 2.95. The van der Waals surface area contributed by atoms with E-state index in [1.165, 1.54) is 5.01 Å². The van der Waals surface area contributed by atoms with Crippen molar-refractivity contribution < 1.29 is 10.0 Å². The number of hydrazine groups is 1. The summed E-state index contributed by atoms with van der Waals surface area (Å²) >= 11 is 0. The van der Waals surface area contributed by atoms with Gasteiger partial charge >= 0.3 is 0 Å². The number of anilines is 1. The van der Waals surface area contributed by atoms with Crippen molar-refractivity contribution in [3.63, 3.8) is 0 Å². The Balaban J connectivity index is 2.31. The van der Waals surface area contributed by atoms with Gasteiger partial charge in [-0.3, -0.25) is 10.0 Å². The summed E-state index contributed by atoms with van der Waals surface area (Å²) in [5, 5.41) is 11.5. The zero-order valence-corrected chi connectivity index (χ0v) is 7.50. The van der Waals surface area contributed by atoms with E-state index in [-0.39, 0.29) is 12.3 Å². The van der Waals surface area contributed by atoms with Crippen LogP contribution in [0.2, 0.25) is 0 Å². The van der Waals surface area contributed by atoms with Crippen LogP contribution in [0.1, 0.15) is 6.42 Å². The van der Waals surface area contributed by atoms with E-state index in [4.69, 9.17) is 0 Å². The molecule has 72 valence electrons. The predicted molar refractivity (Wildman–Crippen MR) is 51.3 cm³/mol. The van der Waals surface area contributed by atoms with Crippen LogP contribution in [0.3, 0.4) is 0 Å². The summed E-state index contributed by atoms with van der Waals surface area (Å²) in [5.41, 5.74) is 0.749. The molecule has 0 fully saturated rings. The molecule has 0 aromatic heterocycles. The molecule has 1 aromatic carbocycles. The van der Waals surface area contributed by atoms with Gasteiger partial charge in [-0.15, -0.1) is 5.17 Å². The van der Waals surface area contributed by atoms with E-state index < -0.39 is 0 Å². The van der Waals surface area contributed by atoms with Crippen molar-refractivity contribution in [2.45, 2.75) is 6.42 Å². The molecule has 0 bridgehead atoms. The van der Waals surface area contributed by atoms with Gasteiger partial charge in [-0.25, -0.2) is 5.01 Å². The van der Waals surface area contributed by atoms with Crippen LogP contribution in [0.4, 0.5) is 5.69 Å². The Morgan fingerprint density at radius 1 is 1.21 bits per heavy atom. The van der Waals surface area contributed by atoms with Gasteiger partial charge in [0.2, 0.25) is 0 Å². The third kappa shape index (κ3) is 1.47. The number of nitrogens with zero attached hydrogens (tertiary/aromatic N) is 2. The number of rotatable bonds is 1. The molecule has 1 aromatic rings.